The van der Waals surface area contributed by atoms with Gasteiger partial charge in [0.05, 0.1) is 18.2 Å². The number of hydrogen-bond donors (Lipinski definition) is 1. The molecule has 1 amide bonds. The van der Waals surface area contributed by atoms with Gasteiger partial charge in [0, 0.05) is 5.92 Å². The largest absolute Gasteiger partial charge is 0.373 e. The Morgan fingerprint density at radius 1 is 1.29 bits per heavy atom. The molecule has 0 aromatic heterocycles. The zero-order valence-corrected chi connectivity index (χ0v) is 8.95. The monoisotopic (exact) mass is 197 g/mol. The van der Waals surface area contributed by atoms with E-state index in [4.69, 9.17) is 4.74 Å². The second-order valence-electron chi connectivity index (χ2n) is 4.72. The minimum atomic E-state index is 0.0779. The van der Waals surface area contributed by atoms with Crippen molar-refractivity contribution in [2.45, 2.75) is 57.8 Å². The lowest BCUT2D eigenvalue weighted by Crippen LogP contribution is -2.47. The minimum absolute atomic E-state index is 0.0779. The van der Waals surface area contributed by atoms with Crippen LogP contribution < -0.4 is 5.32 Å². The fourth-order valence-corrected chi connectivity index (χ4v) is 2.31. The fraction of sp³-hybridized carbons (Fsp3) is 0.909. The lowest BCUT2D eigenvalue weighted by molar-refractivity contribution is -0.127. The van der Waals surface area contributed by atoms with Crippen molar-refractivity contribution in [2.24, 2.45) is 5.92 Å². The van der Waals surface area contributed by atoms with Crippen molar-refractivity contribution in [3.63, 3.8) is 0 Å². The SMILES string of the molecule is CC(C)C(=O)NC1CCC2CCC1O2. The summed E-state index contributed by atoms with van der Waals surface area (Å²) < 4.78 is 5.78. The maximum absolute atomic E-state index is 11.5. The van der Waals surface area contributed by atoms with Crippen molar-refractivity contribution in [3.8, 4) is 0 Å². The second-order valence-corrected chi connectivity index (χ2v) is 4.72. The summed E-state index contributed by atoms with van der Waals surface area (Å²) in [7, 11) is 0. The molecule has 2 saturated heterocycles. The normalized spacial score (nSPS) is 36.1. The Balaban J connectivity index is 1.89. The van der Waals surface area contributed by atoms with E-state index in [0.717, 1.165) is 19.3 Å². The lowest BCUT2D eigenvalue weighted by Gasteiger charge is -2.30. The highest BCUT2D eigenvalue weighted by Gasteiger charge is 2.37. The summed E-state index contributed by atoms with van der Waals surface area (Å²) in [6.07, 6.45) is 5.27. The summed E-state index contributed by atoms with van der Waals surface area (Å²) in [6.45, 7) is 3.85. The van der Waals surface area contributed by atoms with Crippen LogP contribution in [-0.4, -0.2) is 24.2 Å². The molecule has 3 heteroatoms. The van der Waals surface area contributed by atoms with E-state index in [1.165, 1.54) is 6.42 Å². The summed E-state index contributed by atoms with van der Waals surface area (Å²) in [6, 6.07) is 0.267. The average Bonchev–Trinajstić information content (AvgIpc) is 2.53. The first kappa shape index (κ1) is 9.97. The van der Waals surface area contributed by atoms with E-state index in [0.29, 0.717) is 6.10 Å². The molecule has 0 aromatic carbocycles. The maximum atomic E-state index is 11.5. The summed E-state index contributed by atoms with van der Waals surface area (Å²) in [4.78, 5) is 11.5. The van der Waals surface area contributed by atoms with E-state index in [-0.39, 0.29) is 24.0 Å². The van der Waals surface area contributed by atoms with Crippen molar-refractivity contribution < 1.29 is 9.53 Å². The molecule has 0 radical (unpaired) electrons. The van der Waals surface area contributed by atoms with Crippen LogP contribution in [0.5, 0.6) is 0 Å². The summed E-state index contributed by atoms with van der Waals surface area (Å²) in [5.41, 5.74) is 0. The number of fused-ring (bicyclic) bond motifs is 2. The van der Waals surface area contributed by atoms with E-state index in [1.807, 2.05) is 13.8 Å². The van der Waals surface area contributed by atoms with Crippen LogP contribution in [0.4, 0.5) is 0 Å². The first-order valence-corrected chi connectivity index (χ1v) is 5.62. The van der Waals surface area contributed by atoms with Crippen LogP contribution in [0.1, 0.15) is 39.5 Å². The van der Waals surface area contributed by atoms with Gasteiger partial charge >= 0.3 is 0 Å². The first-order valence-electron chi connectivity index (χ1n) is 5.62. The van der Waals surface area contributed by atoms with E-state index < -0.39 is 0 Å². The molecule has 0 aliphatic carbocycles. The Bertz CT molecular complexity index is 227. The predicted octanol–water partition coefficient (Wildman–Crippen LogP) is 1.47. The third-order valence-electron chi connectivity index (χ3n) is 3.24. The van der Waals surface area contributed by atoms with Crippen LogP contribution in [0.2, 0.25) is 0 Å². The quantitative estimate of drug-likeness (QED) is 0.728. The number of carbonyl (C=O) groups is 1. The van der Waals surface area contributed by atoms with Crippen LogP contribution >= 0.6 is 0 Å². The van der Waals surface area contributed by atoms with Gasteiger partial charge in [0.15, 0.2) is 0 Å². The molecule has 14 heavy (non-hydrogen) atoms. The number of hydrogen-bond acceptors (Lipinski definition) is 2. The topological polar surface area (TPSA) is 38.3 Å². The molecular weight excluding hydrogens is 178 g/mol. The molecule has 1 N–H and O–H groups in total. The Morgan fingerprint density at radius 3 is 2.71 bits per heavy atom. The molecule has 0 aromatic rings. The third kappa shape index (κ3) is 1.92. The Kier molecular flexibility index (Phi) is 2.77. The van der Waals surface area contributed by atoms with Gasteiger partial charge in [0.1, 0.15) is 0 Å². The fourth-order valence-electron chi connectivity index (χ4n) is 2.31. The number of amides is 1. The van der Waals surface area contributed by atoms with Gasteiger partial charge < -0.3 is 10.1 Å². The highest BCUT2D eigenvalue weighted by molar-refractivity contribution is 5.78. The van der Waals surface area contributed by atoms with E-state index in [2.05, 4.69) is 5.32 Å². The Labute approximate surface area is 85.2 Å². The highest BCUT2D eigenvalue weighted by Crippen LogP contribution is 2.32. The van der Waals surface area contributed by atoms with Crippen LogP contribution in [-0.2, 0) is 9.53 Å². The van der Waals surface area contributed by atoms with E-state index >= 15 is 0 Å². The first-order chi connectivity index (χ1) is 6.66. The van der Waals surface area contributed by atoms with Gasteiger partial charge in [-0.25, -0.2) is 0 Å². The van der Waals surface area contributed by atoms with Gasteiger partial charge in [-0.2, -0.15) is 0 Å². The van der Waals surface area contributed by atoms with Crippen LogP contribution in [0.15, 0.2) is 0 Å². The highest BCUT2D eigenvalue weighted by atomic mass is 16.5. The minimum Gasteiger partial charge on any atom is -0.373 e. The van der Waals surface area contributed by atoms with Gasteiger partial charge in [-0.15, -0.1) is 0 Å². The van der Waals surface area contributed by atoms with Crippen molar-refractivity contribution in [1.29, 1.82) is 0 Å². The molecule has 2 rings (SSSR count). The number of ether oxygens (including phenoxy) is 1. The molecule has 3 atom stereocenters. The molecule has 80 valence electrons. The van der Waals surface area contributed by atoms with Gasteiger partial charge in [0.25, 0.3) is 0 Å². The van der Waals surface area contributed by atoms with E-state index in [1.54, 1.807) is 0 Å². The number of nitrogens with one attached hydrogen (secondary N) is 1. The van der Waals surface area contributed by atoms with Gasteiger partial charge in [-0.1, -0.05) is 13.8 Å². The number of rotatable bonds is 2. The Morgan fingerprint density at radius 2 is 2.00 bits per heavy atom. The van der Waals surface area contributed by atoms with Crippen molar-refractivity contribution in [3.05, 3.63) is 0 Å². The van der Waals surface area contributed by atoms with Gasteiger partial charge in [-0.05, 0) is 25.7 Å². The molecule has 2 aliphatic rings. The molecule has 3 nitrogen and oxygen atoms in total. The smallest absolute Gasteiger partial charge is 0.222 e. The molecule has 0 saturated carbocycles. The summed E-state index contributed by atoms with van der Waals surface area (Å²) >= 11 is 0. The van der Waals surface area contributed by atoms with Crippen molar-refractivity contribution in [2.75, 3.05) is 0 Å². The van der Waals surface area contributed by atoms with Crippen LogP contribution in [0.25, 0.3) is 0 Å². The number of carbonyl (C=O) groups excluding carboxylic acids is 1. The zero-order valence-electron chi connectivity index (χ0n) is 8.95. The van der Waals surface area contributed by atoms with Crippen molar-refractivity contribution >= 4 is 5.91 Å². The molecular formula is C11H19NO2. The molecule has 2 bridgehead atoms. The van der Waals surface area contributed by atoms with Crippen LogP contribution in [0, 0.1) is 5.92 Å². The summed E-state index contributed by atoms with van der Waals surface area (Å²) in [5.74, 6) is 0.234. The molecule has 2 aliphatic heterocycles. The van der Waals surface area contributed by atoms with Crippen molar-refractivity contribution in [1.82, 2.24) is 5.32 Å². The van der Waals surface area contributed by atoms with Crippen LogP contribution in [0.3, 0.4) is 0 Å². The van der Waals surface area contributed by atoms with Gasteiger partial charge in [-0.3, -0.25) is 4.79 Å². The molecule has 0 spiro atoms. The zero-order chi connectivity index (χ0) is 10.1. The average molecular weight is 197 g/mol. The third-order valence-corrected chi connectivity index (χ3v) is 3.24. The molecule has 2 fully saturated rings. The lowest BCUT2D eigenvalue weighted by atomic mass is 10.0. The second kappa shape index (κ2) is 3.89. The maximum Gasteiger partial charge on any atom is 0.222 e. The standard InChI is InChI=1S/C11H19NO2/c1-7(2)11(13)12-9-5-3-8-4-6-10(9)14-8/h7-10H,3-6H2,1-2H3,(H,12,13). The molecule has 2 heterocycles. The van der Waals surface area contributed by atoms with Gasteiger partial charge in [0.2, 0.25) is 5.91 Å². The van der Waals surface area contributed by atoms with E-state index in [9.17, 15) is 4.79 Å². The summed E-state index contributed by atoms with van der Waals surface area (Å²) in [5, 5.41) is 3.08. The Hall–Kier alpha value is -0.570. The molecule has 3 unspecified atom stereocenters. The predicted molar refractivity (Wildman–Crippen MR) is 53.9 cm³/mol.